The number of rotatable bonds is 5. The minimum absolute atomic E-state index is 0.116. The number of hydrogen-bond acceptors (Lipinski definition) is 6. The van der Waals surface area contributed by atoms with E-state index in [0.29, 0.717) is 30.9 Å². The predicted molar refractivity (Wildman–Crippen MR) is 102 cm³/mol. The van der Waals surface area contributed by atoms with Gasteiger partial charge >= 0.3 is 0 Å². The van der Waals surface area contributed by atoms with Gasteiger partial charge in [-0.2, -0.15) is 5.10 Å². The first-order valence-corrected chi connectivity index (χ1v) is 9.21. The summed E-state index contributed by atoms with van der Waals surface area (Å²) in [7, 11) is 3.56. The monoisotopic (exact) mass is 381 g/mol. The maximum Gasteiger partial charge on any atom is 0.244 e. The Bertz CT molecular complexity index is 966. The van der Waals surface area contributed by atoms with E-state index in [2.05, 4.69) is 25.6 Å². The molecule has 0 spiro atoms. The molecule has 0 saturated heterocycles. The number of hydrogen-bond donors (Lipinski definition) is 3. The molecule has 4 rings (SSSR count). The second kappa shape index (κ2) is 7.53. The highest BCUT2D eigenvalue weighted by Crippen LogP contribution is 2.25. The molecule has 9 heteroatoms. The molecule has 2 aromatic heterocycles. The Morgan fingerprint density at radius 1 is 1.29 bits per heavy atom. The fraction of sp³-hybridized carbons (Fsp3) is 0.368. The van der Waals surface area contributed by atoms with E-state index in [-0.39, 0.29) is 5.91 Å². The van der Waals surface area contributed by atoms with Crippen molar-refractivity contribution in [1.82, 2.24) is 30.3 Å². The molecule has 1 unspecified atom stereocenters. The van der Waals surface area contributed by atoms with Gasteiger partial charge in [-0.1, -0.05) is 30.3 Å². The molecular weight excluding hydrogens is 358 g/mol. The fourth-order valence-corrected chi connectivity index (χ4v) is 3.47. The van der Waals surface area contributed by atoms with E-state index in [1.165, 1.54) is 0 Å². The first-order valence-electron chi connectivity index (χ1n) is 9.21. The number of aromatic amines is 1. The number of nitrogens with one attached hydrogen (secondary N) is 2. The van der Waals surface area contributed by atoms with E-state index in [0.717, 1.165) is 16.9 Å². The number of aryl methyl sites for hydroxylation is 2. The number of aromatic nitrogens is 5. The van der Waals surface area contributed by atoms with Crippen LogP contribution in [0.15, 0.2) is 36.5 Å². The minimum Gasteiger partial charge on any atom is -0.371 e. The lowest BCUT2D eigenvalue weighted by atomic mass is 10.1. The number of likely N-dealkylation sites (N-methyl/N-ethyl adjacent to an activating group) is 1. The van der Waals surface area contributed by atoms with Crippen molar-refractivity contribution < 1.29 is 9.90 Å². The van der Waals surface area contributed by atoms with E-state index >= 15 is 0 Å². The number of anilines is 1. The molecule has 2 atom stereocenters. The van der Waals surface area contributed by atoms with Crippen molar-refractivity contribution >= 4 is 11.6 Å². The molecule has 0 saturated carbocycles. The standard InChI is InChI=1S/C19H23N7O2/c1-25-11-15-13(24-25)8-9-14(19(28)26(15)2)20-18(27)17-21-16(22-23-17)10-12-6-4-3-5-7-12/h3-7,11,14,18,20,27H,8-10H2,1-2H3,(H,21,22,23)/t14-,18?/m0/s1. The zero-order valence-corrected chi connectivity index (χ0v) is 15.8. The summed E-state index contributed by atoms with van der Waals surface area (Å²) in [5.41, 5.74) is 2.77. The van der Waals surface area contributed by atoms with Crippen LogP contribution in [-0.2, 0) is 24.7 Å². The highest BCUT2D eigenvalue weighted by molar-refractivity contribution is 5.97. The van der Waals surface area contributed by atoms with Gasteiger partial charge in [0.2, 0.25) is 5.91 Å². The molecule has 3 N–H and O–H groups in total. The fourth-order valence-electron chi connectivity index (χ4n) is 3.47. The second-order valence-corrected chi connectivity index (χ2v) is 7.01. The van der Waals surface area contributed by atoms with Gasteiger partial charge in [0.15, 0.2) is 12.1 Å². The largest absolute Gasteiger partial charge is 0.371 e. The van der Waals surface area contributed by atoms with Gasteiger partial charge in [-0.3, -0.25) is 14.8 Å². The van der Waals surface area contributed by atoms with Gasteiger partial charge in [0.05, 0.1) is 17.4 Å². The van der Waals surface area contributed by atoms with Gasteiger partial charge in [0.25, 0.3) is 0 Å². The zero-order valence-electron chi connectivity index (χ0n) is 15.8. The quantitative estimate of drug-likeness (QED) is 0.561. The van der Waals surface area contributed by atoms with Gasteiger partial charge in [0.1, 0.15) is 5.82 Å². The van der Waals surface area contributed by atoms with E-state index in [1.54, 1.807) is 16.6 Å². The third kappa shape index (κ3) is 3.67. The molecule has 1 aliphatic heterocycles. The van der Waals surface area contributed by atoms with Crippen LogP contribution in [0.3, 0.4) is 0 Å². The van der Waals surface area contributed by atoms with E-state index in [1.807, 2.05) is 43.6 Å². The summed E-state index contributed by atoms with van der Waals surface area (Å²) in [6.45, 7) is 0. The van der Waals surface area contributed by atoms with Crippen LogP contribution in [0.2, 0.25) is 0 Å². The van der Waals surface area contributed by atoms with Crippen molar-refractivity contribution in [3.05, 3.63) is 59.4 Å². The molecule has 0 fully saturated rings. The highest BCUT2D eigenvalue weighted by atomic mass is 16.3. The third-order valence-electron chi connectivity index (χ3n) is 4.93. The zero-order chi connectivity index (χ0) is 19.7. The van der Waals surface area contributed by atoms with E-state index in [9.17, 15) is 9.90 Å². The van der Waals surface area contributed by atoms with Crippen LogP contribution in [-0.4, -0.2) is 49.1 Å². The van der Waals surface area contributed by atoms with Crippen LogP contribution in [0.1, 0.15) is 35.6 Å². The van der Waals surface area contributed by atoms with Crippen molar-refractivity contribution in [2.45, 2.75) is 31.5 Å². The molecule has 0 radical (unpaired) electrons. The summed E-state index contributed by atoms with van der Waals surface area (Å²) in [6.07, 6.45) is 2.49. The third-order valence-corrected chi connectivity index (χ3v) is 4.93. The van der Waals surface area contributed by atoms with Gasteiger partial charge in [-0.05, 0) is 18.4 Å². The Kier molecular flexibility index (Phi) is 4.93. The average molecular weight is 381 g/mol. The van der Waals surface area contributed by atoms with Crippen LogP contribution < -0.4 is 10.2 Å². The number of H-pyrrole nitrogens is 1. The van der Waals surface area contributed by atoms with Crippen LogP contribution in [0, 0.1) is 0 Å². The van der Waals surface area contributed by atoms with Crippen molar-refractivity contribution in [2.24, 2.45) is 7.05 Å². The average Bonchev–Trinajstić information content (AvgIpc) is 3.28. The predicted octanol–water partition coefficient (Wildman–Crippen LogP) is 0.687. The molecule has 3 aromatic rings. The number of fused-ring (bicyclic) bond motifs is 1. The maximum absolute atomic E-state index is 12.8. The van der Waals surface area contributed by atoms with Gasteiger partial charge < -0.3 is 15.0 Å². The Balaban J connectivity index is 1.43. The molecule has 0 aliphatic carbocycles. The van der Waals surface area contributed by atoms with Crippen molar-refractivity contribution in [3.63, 3.8) is 0 Å². The Morgan fingerprint density at radius 3 is 2.86 bits per heavy atom. The summed E-state index contributed by atoms with van der Waals surface area (Å²) in [5.74, 6) is 0.834. The lowest BCUT2D eigenvalue weighted by Gasteiger charge is -2.22. The van der Waals surface area contributed by atoms with Crippen LogP contribution in [0.25, 0.3) is 0 Å². The normalized spacial score (nSPS) is 18.0. The molecular formula is C19H23N7O2. The molecule has 146 valence electrons. The Morgan fingerprint density at radius 2 is 2.07 bits per heavy atom. The molecule has 0 bridgehead atoms. The number of carbonyl (C=O) groups is 1. The minimum atomic E-state index is -1.11. The molecule has 3 heterocycles. The van der Waals surface area contributed by atoms with Crippen LogP contribution in [0.4, 0.5) is 5.69 Å². The second-order valence-electron chi connectivity index (χ2n) is 7.01. The number of benzene rings is 1. The number of carbonyl (C=O) groups excluding carboxylic acids is 1. The van der Waals surface area contributed by atoms with Gasteiger partial charge in [-0.15, -0.1) is 10.2 Å². The molecule has 1 amide bonds. The number of nitrogens with zero attached hydrogens (tertiary/aromatic N) is 5. The summed E-state index contributed by atoms with van der Waals surface area (Å²) in [5, 5.41) is 26.0. The first kappa shape index (κ1) is 18.3. The summed E-state index contributed by atoms with van der Waals surface area (Å²) < 4.78 is 1.71. The Hall–Kier alpha value is -3.04. The number of aliphatic hydroxyl groups is 1. The van der Waals surface area contributed by atoms with Crippen molar-refractivity contribution in [3.8, 4) is 0 Å². The molecule has 1 aromatic carbocycles. The summed E-state index contributed by atoms with van der Waals surface area (Å²) in [6, 6.07) is 9.35. The smallest absolute Gasteiger partial charge is 0.244 e. The highest BCUT2D eigenvalue weighted by Gasteiger charge is 2.31. The topological polar surface area (TPSA) is 112 Å². The van der Waals surface area contributed by atoms with Crippen LogP contribution in [0.5, 0.6) is 0 Å². The molecule has 1 aliphatic rings. The number of amides is 1. The van der Waals surface area contributed by atoms with E-state index < -0.39 is 12.3 Å². The van der Waals surface area contributed by atoms with Gasteiger partial charge in [-0.25, -0.2) is 0 Å². The SMILES string of the molecule is CN1C(=O)[C@@H](NC(O)c2nnc(Cc3ccccc3)[nH]2)CCc2nn(C)cc21. The van der Waals surface area contributed by atoms with Gasteiger partial charge in [0, 0.05) is 26.7 Å². The first-order chi connectivity index (χ1) is 13.5. The van der Waals surface area contributed by atoms with Crippen molar-refractivity contribution in [1.29, 1.82) is 0 Å². The molecule has 28 heavy (non-hydrogen) atoms. The maximum atomic E-state index is 12.8. The lowest BCUT2D eigenvalue weighted by molar-refractivity contribution is -0.121. The van der Waals surface area contributed by atoms with Crippen molar-refractivity contribution in [2.75, 3.05) is 11.9 Å². The number of aliphatic hydroxyl groups excluding tert-OH is 1. The van der Waals surface area contributed by atoms with E-state index in [4.69, 9.17) is 0 Å². The lowest BCUT2D eigenvalue weighted by Crippen LogP contribution is -2.45. The Labute approximate surface area is 162 Å². The molecule has 9 nitrogen and oxygen atoms in total. The van der Waals surface area contributed by atoms with Crippen LogP contribution >= 0.6 is 0 Å². The summed E-state index contributed by atoms with van der Waals surface area (Å²) in [4.78, 5) is 17.4. The summed E-state index contributed by atoms with van der Waals surface area (Å²) >= 11 is 0.